The fourth-order valence-electron chi connectivity index (χ4n) is 1.70. The van der Waals surface area contributed by atoms with Crippen LogP contribution in [0.1, 0.15) is 21.5 Å². The third-order valence-corrected chi connectivity index (χ3v) is 2.87. The lowest BCUT2D eigenvalue weighted by Gasteiger charge is -2.07. The quantitative estimate of drug-likeness (QED) is 0.912. The number of benzene rings is 2. The van der Waals surface area contributed by atoms with Gasteiger partial charge in [-0.25, -0.2) is 0 Å². The van der Waals surface area contributed by atoms with Crippen LogP contribution in [0.2, 0.25) is 0 Å². The smallest absolute Gasteiger partial charge is 0.251 e. The summed E-state index contributed by atoms with van der Waals surface area (Å²) in [7, 11) is 1.62. The lowest BCUT2D eigenvalue weighted by molar-refractivity contribution is 0.0963. The third kappa shape index (κ3) is 3.58. The number of hydrogen-bond acceptors (Lipinski definition) is 2. The van der Waals surface area contributed by atoms with E-state index in [1.54, 1.807) is 31.3 Å². The Hall–Kier alpha value is -2.29. The van der Waals surface area contributed by atoms with Crippen molar-refractivity contribution in [3.63, 3.8) is 0 Å². The zero-order valence-electron chi connectivity index (χ0n) is 11.1. The Balaban J connectivity index is 1.96. The number of nitrogens with one attached hydrogen (secondary N) is 1. The van der Waals surface area contributed by atoms with Crippen molar-refractivity contribution in [2.75, 3.05) is 7.05 Å². The van der Waals surface area contributed by atoms with Crippen LogP contribution in [0.15, 0.2) is 48.5 Å². The third-order valence-electron chi connectivity index (χ3n) is 2.87. The molecule has 2 aromatic rings. The van der Waals surface area contributed by atoms with E-state index in [-0.39, 0.29) is 5.91 Å². The van der Waals surface area contributed by atoms with E-state index in [0.29, 0.717) is 12.2 Å². The number of rotatable bonds is 4. The summed E-state index contributed by atoms with van der Waals surface area (Å²) in [4.78, 5) is 11.4. The average Bonchev–Trinajstić information content (AvgIpc) is 2.46. The molecule has 0 aliphatic heterocycles. The molecule has 19 heavy (non-hydrogen) atoms. The summed E-state index contributed by atoms with van der Waals surface area (Å²) in [5.74, 6) is 0.665. The van der Waals surface area contributed by atoms with Gasteiger partial charge in [-0.3, -0.25) is 4.79 Å². The van der Waals surface area contributed by atoms with Crippen LogP contribution >= 0.6 is 0 Å². The number of ether oxygens (including phenoxy) is 1. The van der Waals surface area contributed by atoms with Crippen molar-refractivity contribution in [2.24, 2.45) is 0 Å². The Morgan fingerprint density at radius 2 is 1.68 bits per heavy atom. The summed E-state index contributed by atoms with van der Waals surface area (Å²) < 4.78 is 5.67. The van der Waals surface area contributed by atoms with Crippen molar-refractivity contribution in [1.29, 1.82) is 0 Å². The van der Waals surface area contributed by atoms with Crippen LogP contribution in [0.3, 0.4) is 0 Å². The van der Waals surface area contributed by atoms with Crippen molar-refractivity contribution in [3.8, 4) is 5.75 Å². The molecule has 0 heterocycles. The lowest BCUT2D eigenvalue weighted by atomic mass is 10.2. The van der Waals surface area contributed by atoms with Gasteiger partial charge in [-0.05, 0) is 36.8 Å². The normalized spacial score (nSPS) is 10.0. The summed E-state index contributed by atoms with van der Waals surface area (Å²) in [5.41, 5.74) is 2.99. The highest BCUT2D eigenvalue weighted by Gasteiger charge is 2.02. The van der Waals surface area contributed by atoms with E-state index >= 15 is 0 Å². The fraction of sp³-hybridized carbons (Fsp3) is 0.188. The molecular weight excluding hydrogens is 238 g/mol. The van der Waals surface area contributed by atoms with Crippen LogP contribution in [0.25, 0.3) is 0 Å². The molecule has 3 nitrogen and oxygen atoms in total. The highest BCUT2D eigenvalue weighted by Crippen LogP contribution is 2.14. The lowest BCUT2D eigenvalue weighted by Crippen LogP contribution is -2.17. The Bertz CT molecular complexity index is 544. The molecule has 0 fully saturated rings. The van der Waals surface area contributed by atoms with Crippen LogP contribution in [0.5, 0.6) is 5.75 Å². The molecule has 3 heteroatoms. The van der Waals surface area contributed by atoms with E-state index in [1.165, 1.54) is 5.56 Å². The van der Waals surface area contributed by atoms with Crippen molar-refractivity contribution in [2.45, 2.75) is 13.5 Å². The maximum Gasteiger partial charge on any atom is 0.251 e. The molecule has 1 amide bonds. The van der Waals surface area contributed by atoms with E-state index in [4.69, 9.17) is 4.74 Å². The van der Waals surface area contributed by atoms with Gasteiger partial charge in [0, 0.05) is 12.6 Å². The van der Waals surface area contributed by atoms with E-state index in [2.05, 4.69) is 24.4 Å². The minimum atomic E-state index is -0.0925. The van der Waals surface area contributed by atoms with Crippen LogP contribution in [0, 0.1) is 6.92 Å². The highest BCUT2D eigenvalue weighted by atomic mass is 16.5. The summed E-state index contributed by atoms with van der Waals surface area (Å²) in [6, 6.07) is 15.3. The summed E-state index contributed by atoms with van der Waals surface area (Å²) in [6.45, 7) is 2.59. The molecule has 2 rings (SSSR count). The fourth-order valence-corrected chi connectivity index (χ4v) is 1.70. The molecular formula is C16H17NO2. The second-order valence-electron chi connectivity index (χ2n) is 4.38. The molecule has 0 spiro atoms. The predicted octanol–water partition coefficient (Wildman–Crippen LogP) is 2.93. The minimum Gasteiger partial charge on any atom is -0.489 e. The molecule has 98 valence electrons. The Kier molecular flexibility index (Phi) is 4.18. The van der Waals surface area contributed by atoms with Crippen molar-refractivity contribution < 1.29 is 9.53 Å². The SMILES string of the molecule is CNC(=O)c1ccc(OCc2ccc(C)cc2)cc1. The second-order valence-corrected chi connectivity index (χ2v) is 4.38. The molecule has 0 saturated heterocycles. The summed E-state index contributed by atoms with van der Waals surface area (Å²) >= 11 is 0. The first kappa shape index (κ1) is 13.1. The maximum absolute atomic E-state index is 11.4. The predicted molar refractivity (Wildman–Crippen MR) is 75.3 cm³/mol. The van der Waals surface area contributed by atoms with Gasteiger partial charge in [-0.1, -0.05) is 29.8 Å². The van der Waals surface area contributed by atoms with Gasteiger partial charge in [0.2, 0.25) is 0 Å². The van der Waals surface area contributed by atoms with Crippen molar-refractivity contribution in [3.05, 3.63) is 65.2 Å². The highest BCUT2D eigenvalue weighted by molar-refractivity contribution is 5.94. The molecule has 1 N–H and O–H groups in total. The molecule has 0 aliphatic rings. The Morgan fingerprint density at radius 1 is 1.05 bits per heavy atom. The van der Waals surface area contributed by atoms with E-state index in [1.807, 2.05) is 12.1 Å². The first-order chi connectivity index (χ1) is 9.19. The summed E-state index contributed by atoms with van der Waals surface area (Å²) in [6.07, 6.45) is 0. The monoisotopic (exact) mass is 255 g/mol. The van der Waals surface area contributed by atoms with Crippen LogP contribution in [-0.4, -0.2) is 13.0 Å². The Labute approximate surface area is 113 Å². The van der Waals surface area contributed by atoms with Gasteiger partial charge in [0.15, 0.2) is 0 Å². The topological polar surface area (TPSA) is 38.3 Å². The first-order valence-electron chi connectivity index (χ1n) is 6.19. The Morgan fingerprint density at radius 3 is 2.26 bits per heavy atom. The van der Waals surface area contributed by atoms with Gasteiger partial charge >= 0.3 is 0 Å². The molecule has 0 saturated carbocycles. The van der Waals surface area contributed by atoms with Gasteiger partial charge in [-0.2, -0.15) is 0 Å². The number of carbonyl (C=O) groups excluding carboxylic acids is 1. The molecule has 0 unspecified atom stereocenters. The molecule has 0 atom stereocenters. The van der Waals surface area contributed by atoms with Gasteiger partial charge in [0.1, 0.15) is 12.4 Å². The van der Waals surface area contributed by atoms with Gasteiger partial charge in [0.25, 0.3) is 5.91 Å². The molecule has 0 bridgehead atoms. The first-order valence-corrected chi connectivity index (χ1v) is 6.19. The van der Waals surface area contributed by atoms with E-state index in [9.17, 15) is 4.79 Å². The number of carbonyl (C=O) groups is 1. The van der Waals surface area contributed by atoms with Crippen molar-refractivity contribution >= 4 is 5.91 Å². The van der Waals surface area contributed by atoms with E-state index in [0.717, 1.165) is 11.3 Å². The van der Waals surface area contributed by atoms with Crippen LogP contribution in [0.4, 0.5) is 0 Å². The zero-order chi connectivity index (χ0) is 13.7. The number of amides is 1. The maximum atomic E-state index is 11.4. The number of hydrogen-bond donors (Lipinski definition) is 1. The largest absolute Gasteiger partial charge is 0.489 e. The molecule has 2 aromatic carbocycles. The van der Waals surface area contributed by atoms with Gasteiger partial charge in [-0.15, -0.1) is 0 Å². The second kappa shape index (κ2) is 6.05. The van der Waals surface area contributed by atoms with Crippen molar-refractivity contribution in [1.82, 2.24) is 5.32 Å². The zero-order valence-corrected chi connectivity index (χ0v) is 11.1. The summed E-state index contributed by atoms with van der Waals surface area (Å²) in [5, 5.41) is 2.58. The molecule has 0 radical (unpaired) electrons. The van der Waals surface area contributed by atoms with Gasteiger partial charge in [0.05, 0.1) is 0 Å². The van der Waals surface area contributed by atoms with Gasteiger partial charge < -0.3 is 10.1 Å². The number of aryl methyl sites for hydroxylation is 1. The standard InChI is InChI=1S/C16H17NO2/c1-12-3-5-13(6-4-12)11-19-15-9-7-14(8-10-15)16(18)17-2/h3-10H,11H2,1-2H3,(H,17,18). The average molecular weight is 255 g/mol. The van der Waals surface area contributed by atoms with E-state index < -0.39 is 0 Å². The van der Waals surface area contributed by atoms with Crippen LogP contribution < -0.4 is 10.1 Å². The molecule has 0 aliphatic carbocycles. The molecule has 0 aromatic heterocycles. The minimum absolute atomic E-state index is 0.0925. The van der Waals surface area contributed by atoms with Crippen LogP contribution in [-0.2, 0) is 6.61 Å².